The Balaban J connectivity index is 1.58. The number of nitriles is 1. The number of hydrogen-bond acceptors (Lipinski definition) is 6. The third kappa shape index (κ3) is 3.74. The molecule has 3 aromatic rings. The van der Waals surface area contributed by atoms with Gasteiger partial charge >= 0.3 is 0 Å². The van der Waals surface area contributed by atoms with E-state index in [0.717, 1.165) is 18.4 Å². The van der Waals surface area contributed by atoms with E-state index >= 15 is 0 Å². The Morgan fingerprint density at radius 2 is 1.93 bits per heavy atom. The molecule has 8 heteroatoms. The molecule has 1 saturated heterocycles. The highest BCUT2D eigenvalue weighted by atomic mass is 16.5. The molecular formula is C22H22N6O2. The molecule has 0 bridgehead atoms. The van der Waals surface area contributed by atoms with E-state index in [4.69, 9.17) is 4.74 Å². The van der Waals surface area contributed by atoms with Crippen LogP contribution in [0.15, 0.2) is 48.9 Å². The molecule has 0 spiro atoms. The largest absolute Gasteiger partial charge is 0.472 e. The summed E-state index contributed by atoms with van der Waals surface area (Å²) in [6, 6.07) is 11.3. The first-order chi connectivity index (χ1) is 14.6. The van der Waals surface area contributed by atoms with E-state index in [1.807, 2.05) is 36.9 Å². The second kappa shape index (κ2) is 8.33. The van der Waals surface area contributed by atoms with Crippen molar-refractivity contribution < 1.29 is 9.53 Å². The lowest BCUT2D eigenvalue weighted by Crippen LogP contribution is -2.49. The number of pyridine rings is 1. The summed E-state index contributed by atoms with van der Waals surface area (Å²) in [6.45, 7) is 4.31. The van der Waals surface area contributed by atoms with E-state index in [-0.39, 0.29) is 18.1 Å². The van der Waals surface area contributed by atoms with Crippen LogP contribution in [0.3, 0.4) is 0 Å². The quantitative estimate of drug-likeness (QED) is 0.666. The third-order valence-electron chi connectivity index (χ3n) is 5.38. The first kappa shape index (κ1) is 19.6. The van der Waals surface area contributed by atoms with Crippen molar-refractivity contribution in [3.8, 4) is 17.6 Å². The monoisotopic (exact) mass is 402 g/mol. The predicted octanol–water partition coefficient (Wildman–Crippen LogP) is 2.91. The summed E-state index contributed by atoms with van der Waals surface area (Å²) in [5, 5.41) is 17.8. The molecule has 4 rings (SSSR count). The molecular weight excluding hydrogens is 380 g/mol. The van der Waals surface area contributed by atoms with Crippen molar-refractivity contribution in [1.82, 2.24) is 24.9 Å². The molecule has 2 atom stereocenters. The van der Waals surface area contributed by atoms with Crippen LogP contribution in [0.1, 0.15) is 41.3 Å². The number of nitrogens with zero attached hydrogens (tertiary/aromatic N) is 6. The smallest absolute Gasteiger partial charge is 0.256 e. The molecule has 1 fully saturated rings. The molecule has 30 heavy (non-hydrogen) atoms. The molecule has 0 N–H and O–H groups in total. The summed E-state index contributed by atoms with van der Waals surface area (Å²) in [6.07, 6.45) is 6.14. The molecule has 1 aliphatic heterocycles. The van der Waals surface area contributed by atoms with E-state index in [0.29, 0.717) is 29.2 Å². The topological polar surface area (TPSA) is 96.9 Å². The molecule has 152 valence electrons. The van der Waals surface area contributed by atoms with Crippen molar-refractivity contribution >= 4 is 5.91 Å². The van der Waals surface area contributed by atoms with Crippen LogP contribution in [-0.4, -0.2) is 49.5 Å². The van der Waals surface area contributed by atoms with Gasteiger partial charge in [0.2, 0.25) is 5.88 Å². The number of aromatic nitrogens is 4. The highest BCUT2D eigenvalue weighted by Crippen LogP contribution is 2.26. The van der Waals surface area contributed by atoms with Crippen LogP contribution >= 0.6 is 0 Å². The first-order valence-electron chi connectivity index (χ1n) is 9.87. The van der Waals surface area contributed by atoms with Gasteiger partial charge in [0.15, 0.2) is 0 Å². The number of amides is 1. The fourth-order valence-corrected chi connectivity index (χ4v) is 3.69. The van der Waals surface area contributed by atoms with Crippen molar-refractivity contribution in [3.05, 3.63) is 65.6 Å². The van der Waals surface area contributed by atoms with Crippen LogP contribution in [0.5, 0.6) is 5.88 Å². The fraction of sp³-hybridized carbons (Fsp3) is 0.318. The second-order valence-corrected chi connectivity index (χ2v) is 7.38. The SMILES string of the molecule is Cc1ccnc(OC2CCC(C)N(C(=O)c3ccccc3-n3nccn3)C2)c1C#N. The Hall–Kier alpha value is -3.73. The number of piperidine rings is 1. The van der Waals surface area contributed by atoms with Crippen LogP contribution in [-0.2, 0) is 0 Å². The van der Waals surface area contributed by atoms with Crippen LogP contribution in [0.2, 0.25) is 0 Å². The van der Waals surface area contributed by atoms with E-state index < -0.39 is 0 Å². The van der Waals surface area contributed by atoms with Crippen molar-refractivity contribution in [2.24, 2.45) is 0 Å². The van der Waals surface area contributed by atoms with Gasteiger partial charge in [-0.1, -0.05) is 12.1 Å². The van der Waals surface area contributed by atoms with Gasteiger partial charge in [-0.3, -0.25) is 4.79 Å². The average molecular weight is 402 g/mol. The van der Waals surface area contributed by atoms with Gasteiger partial charge in [0.05, 0.1) is 30.2 Å². The lowest BCUT2D eigenvalue weighted by Gasteiger charge is -2.38. The Labute approximate surface area is 174 Å². The maximum absolute atomic E-state index is 13.4. The normalized spacial score (nSPS) is 18.6. The molecule has 2 aromatic heterocycles. The number of carbonyl (C=O) groups excluding carboxylic acids is 1. The average Bonchev–Trinajstić information content (AvgIpc) is 3.30. The minimum absolute atomic E-state index is 0.0666. The van der Waals surface area contributed by atoms with Crippen LogP contribution < -0.4 is 4.74 Å². The van der Waals surface area contributed by atoms with Gasteiger partial charge in [0.1, 0.15) is 17.7 Å². The molecule has 1 amide bonds. The van der Waals surface area contributed by atoms with Gasteiger partial charge in [-0.15, -0.1) is 0 Å². The summed E-state index contributed by atoms with van der Waals surface area (Å²) in [7, 11) is 0. The molecule has 3 heterocycles. The Bertz CT molecular complexity index is 1090. The van der Waals surface area contributed by atoms with E-state index in [1.54, 1.807) is 30.7 Å². The standard InChI is InChI=1S/C22H22N6O2/c1-15-9-10-24-21(19(15)13-23)30-17-8-7-16(2)27(14-17)22(29)18-5-3-4-6-20(18)28-25-11-12-26-28/h3-6,9-12,16-17H,7-8,14H2,1-2H3. The van der Waals surface area contributed by atoms with E-state index in [1.165, 1.54) is 4.80 Å². The molecule has 2 unspecified atom stereocenters. The Morgan fingerprint density at radius 3 is 2.70 bits per heavy atom. The number of aryl methyl sites for hydroxylation is 1. The minimum atomic E-state index is -0.235. The zero-order valence-corrected chi connectivity index (χ0v) is 16.9. The van der Waals surface area contributed by atoms with Crippen molar-refractivity contribution in [1.29, 1.82) is 5.26 Å². The zero-order chi connectivity index (χ0) is 21.1. The number of benzene rings is 1. The highest BCUT2D eigenvalue weighted by molar-refractivity contribution is 5.98. The molecule has 0 saturated carbocycles. The van der Waals surface area contributed by atoms with Gasteiger partial charge in [-0.05, 0) is 50.5 Å². The van der Waals surface area contributed by atoms with Crippen LogP contribution in [0.25, 0.3) is 5.69 Å². The molecule has 0 radical (unpaired) electrons. The number of rotatable bonds is 4. The van der Waals surface area contributed by atoms with E-state index in [9.17, 15) is 10.1 Å². The van der Waals surface area contributed by atoms with Crippen LogP contribution in [0, 0.1) is 18.3 Å². The Kier molecular flexibility index (Phi) is 5.44. The maximum Gasteiger partial charge on any atom is 0.256 e. The fourth-order valence-electron chi connectivity index (χ4n) is 3.69. The van der Waals surface area contributed by atoms with Crippen molar-refractivity contribution in [3.63, 3.8) is 0 Å². The molecule has 0 aliphatic carbocycles. The summed E-state index contributed by atoms with van der Waals surface area (Å²) in [5.41, 5.74) is 2.42. The number of likely N-dealkylation sites (tertiary alicyclic amines) is 1. The molecule has 8 nitrogen and oxygen atoms in total. The summed E-state index contributed by atoms with van der Waals surface area (Å²) < 4.78 is 6.07. The Morgan fingerprint density at radius 1 is 1.17 bits per heavy atom. The third-order valence-corrected chi connectivity index (χ3v) is 5.38. The minimum Gasteiger partial charge on any atom is -0.472 e. The van der Waals surface area contributed by atoms with Crippen molar-refractivity contribution in [2.45, 2.75) is 38.8 Å². The van der Waals surface area contributed by atoms with Gasteiger partial charge in [-0.2, -0.15) is 20.3 Å². The number of ether oxygens (including phenoxy) is 1. The van der Waals surface area contributed by atoms with Crippen molar-refractivity contribution in [2.75, 3.05) is 6.54 Å². The van der Waals surface area contributed by atoms with Gasteiger partial charge < -0.3 is 9.64 Å². The first-order valence-corrected chi connectivity index (χ1v) is 9.87. The van der Waals surface area contributed by atoms with Gasteiger partial charge in [0.25, 0.3) is 5.91 Å². The second-order valence-electron chi connectivity index (χ2n) is 7.38. The zero-order valence-electron chi connectivity index (χ0n) is 16.9. The molecule has 1 aromatic carbocycles. The van der Waals surface area contributed by atoms with E-state index in [2.05, 4.69) is 21.3 Å². The predicted molar refractivity (Wildman–Crippen MR) is 109 cm³/mol. The van der Waals surface area contributed by atoms with Gasteiger partial charge in [-0.25, -0.2) is 4.98 Å². The highest BCUT2D eigenvalue weighted by Gasteiger charge is 2.32. The number of hydrogen-bond donors (Lipinski definition) is 0. The summed E-state index contributed by atoms with van der Waals surface area (Å²) >= 11 is 0. The maximum atomic E-state index is 13.4. The summed E-state index contributed by atoms with van der Waals surface area (Å²) in [4.78, 5) is 20.9. The van der Waals surface area contributed by atoms with Gasteiger partial charge in [0, 0.05) is 12.2 Å². The molecule has 1 aliphatic rings. The lowest BCUT2D eigenvalue weighted by molar-refractivity contribution is 0.0371. The summed E-state index contributed by atoms with van der Waals surface area (Å²) in [5.74, 6) is 0.229. The number of para-hydroxylation sites is 1. The van der Waals surface area contributed by atoms with Crippen LogP contribution in [0.4, 0.5) is 0 Å². The number of carbonyl (C=O) groups is 1. The lowest BCUT2D eigenvalue weighted by atomic mass is 9.99.